The molecule has 0 fully saturated rings. The van der Waals surface area contributed by atoms with Crippen LogP contribution in [0.5, 0.6) is 5.75 Å². The highest BCUT2D eigenvalue weighted by Gasteiger charge is 2.16. The Morgan fingerprint density at radius 3 is 2.48 bits per heavy atom. The monoisotopic (exact) mass is 368 g/mol. The second-order valence-electron chi connectivity index (χ2n) is 5.74. The number of nitriles is 1. The Balaban J connectivity index is 1.99. The first kappa shape index (κ1) is 19.7. The highest BCUT2D eigenvalue weighted by Crippen LogP contribution is 2.18. The quantitative estimate of drug-likeness (QED) is 0.476. The largest absolute Gasteiger partial charge is 0.497 e. The van der Waals surface area contributed by atoms with Gasteiger partial charge in [0.05, 0.1) is 24.2 Å². The molecule has 8 heteroatoms. The number of hydrogen-bond donors (Lipinski definition) is 1. The molecule has 1 aromatic heterocycles. The molecule has 1 amide bonds. The van der Waals surface area contributed by atoms with Crippen molar-refractivity contribution >= 4 is 23.6 Å². The maximum absolute atomic E-state index is 12.1. The molecule has 0 aliphatic carbocycles. The number of carbonyl (C=O) groups is 2. The van der Waals surface area contributed by atoms with E-state index in [1.807, 2.05) is 6.92 Å². The minimum atomic E-state index is -0.872. The van der Waals surface area contributed by atoms with Crippen LogP contribution in [0.3, 0.4) is 0 Å². The molecule has 0 unspecified atom stereocenters. The van der Waals surface area contributed by atoms with Crippen LogP contribution in [0.4, 0.5) is 5.69 Å². The number of methoxy groups -OCH3 is 1. The van der Waals surface area contributed by atoms with E-state index in [0.29, 0.717) is 22.7 Å². The van der Waals surface area contributed by atoms with Crippen LogP contribution >= 0.6 is 0 Å². The van der Waals surface area contributed by atoms with Crippen molar-refractivity contribution in [1.29, 1.82) is 5.26 Å². The van der Waals surface area contributed by atoms with Crippen LogP contribution in [-0.4, -0.2) is 35.4 Å². The summed E-state index contributed by atoms with van der Waals surface area (Å²) in [7, 11) is 3.31. The van der Waals surface area contributed by atoms with Gasteiger partial charge in [-0.3, -0.25) is 9.48 Å². The number of ether oxygens (including phenoxy) is 2. The maximum Gasteiger partial charge on any atom is 0.349 e. The summed E-state index contributed by atoms with van der Waals surface area (Å²) in [5.74, 6) is -0.724. The maximum atomic E-state index is 12.1. The van der Waals surface area contributed by atoms with Crippen LogP contribution < -0.4 is 10.1 Å². The van der Waals surface area contributed by atoms with Crippen LogP contribution in [0, 0.1) is 25.2 Å². The summed E-state index contributed by atoms with van der Waals surface area (Å²) in [6, 6.07) is 8.59. The molecule has 1 aromatic carbocycles. The predicted molar refractivity (Wildman–Crippen MR) is 98.9 cm³/mol. The third-order valence-electron chi connectivity index (χ3n) is 3.87. The molecular formula is C19H20N4O4. The fourth-order valence-electron chi connectivity index (χ4n) is 2.34. The van der Waals surface area contributed by atoms with Crippen molar-refractivity contribution in [3.8, 4) is 11.8 Å². The summed E-state index contributed by atoms with van der Waals surface area (Å²) in [5.41, 5.74) is 2.45. The number of benzene rings is 1. The standard InChI is InChI=1S/C19H20N4O4/c1-12-18(13(2)23(3)22-12)21-17(24)11-27-19(25)15(10-20)9-14-5-7-16(26-4)8-6-14/h5-9H,11H2,1-4H3,(H,21,24)/b15-9+. The van der Waals surface area contributed by atoms with E-state index in [9.17, 15) is 14.9 Å². The zero-order valence-corrected chi connectivity index (χ0v) is 15.6. The molecular weight excluding hydrogens is 348 g/mol. The van der Waals surface area contributed by atoms with E-state index in [1.165, 1.54) is 6.08 Å². The molecule has 1 N–H and O–H groups in total. The number of anilines is 1. The Morgan fingerprint density at radius 1 is 1.30 bits per heavy atom. The summed E-state index contributed by atoms with van der Waals surface area (Å²) in [6.07, 6.45) is 1.38. The van der Waals surface area contributed by atoms with Gasteiger partial charge in [-0.05, 0) is 37.6 Å². The average molecular weight is 368 g/mol. The van der Waals surface area contributed by atoms with Gasteiger partial charge in [-0.25, -0.2) is 4.79 Å². The molecule has 0 aliphatic rings. The number of amides is 1. The highest BCUT2D eigenvalue weighted by atomic mass is 16.5. The minimum absolute atomic E-state index is 0.207. The summed E-state index contributed by atoms with van der Waals surface area (Å²) in [6.45, 7) is 3.07. The first-order valence-corrected chi connectivity index (χ1v) is 8.08. The Bertz CT molecular complexity index is 920. The Hall–Kier alpha value is -3.60. The summed E-state index contributed by atoms with van der Waals surface area (Å²) >= 11 is 0. The van der Waals surface area contributed by atoms with Gasteiger partial charge in [0.15, 0.2) is 6.61 Å². The van der Waals surface area contributed by atoms with Crippen molar-refractivity contribution in [1.82, 2.24) is 9.78 Å². The lowest BCUT2D eigenvalue weighted by Gasteiger charge is -2.07. The second-order valence-corrected chi connectivity index (χ2v) is 5.74. The molecule has 0 radical (unpaired) electrons. The molecule has 0 atom stereocenters. The van der Waals surface area contributed by atoms with Crippen molar-refractivity contribution < 1.29 is 19.1 Å². The van der Waals surface area contributed by atoms with Gasteiger partial charge in [0, 0.05) is 7.05 Å². The van der Waals surface area contributed by atoms with Crippen LogP contribution in [0.1, 0.15) is 17.0 Å². The smallest absolute Gasteiger partial charge is 0.349 e. The van der Waals surface area contributed by atoms with Crippen LogP contribution in [0.25, 0.3) is 6.08 Å². The van der Waals surface area contributed by atoms with Gasteiger partial charge in [-0.1, -0.05) is 12.1 Å². The van der Waals surface area contributed by atoms with Gasteiger partial charge in [0.1, 0.15) is 17.4 Å². The first-order chi connectivity index (χ1) is 12.8. The third-order valence-corrected chi connectivity index (χ3v) is 3.87. The zero-order chi connectivity index (χ0) is 20.0. The molecule has 27 heavy (non-hydrogen) atoms. The number of rotatable bonds is 6. The fraction of sp³-hybridized carbons (Fsp3) is 0.263. The summed E-state index contributed by atoms with van der Waals surface area (Å²) in [4.78, 5) is 24.1. The van der Waals surface area contributed by atoms with Crippen molar-refractivity contribution in [2.75, 3.05) is 19.0 Å². The van der Waals surface area contributed by atoms with Crippen molar-refractivity contribution in [2.45, 2.75) is 13.8 Å². The number of esters is 1. The van der Waals surface area contributed by atoms with E-state index >= 15 is 0 Å². The Kier molecular flexibility index (Phi) is 6.33. The predicted octanol–water partition coefficient (Wildman–Crippen LogP) is 2.13. The molecule has 0 spiro atoms. The topological polar surface area (TPSA) is 106 Å². The van der Waals surface area contributed by atoms with E-state index in [1.54, 1.807) is 56.1 Å². The van der Waals surface area contributed by atoms with Gasteiger partial charge < -0.3 is 14.8 Å². The number of hydrogen-bond acceptors (Lipinski definition) is 6. The number of aromatic nitrogens is 2. The fourth-order valence-corrected chi connectivity index (χ4v) is 2.34. The van der Waals surface area contributed by atoms with E-state index in [2.05, 4.69) is 10.4 Å². The Morgan fingerprint density at radius 2 is 1.96 bits per heavy atom. The molecule has 2 aromatic rings. The number of aryl methyl sites for hydroxylation is 2. The number of nitrogens with zero attached hydrogens (tertiary/aromatic N) is 3. The number of carbonyl (C=O) groups excluding carboxylic acids is 2. The van der Waals surface area contributed by atoms with E-state index < -0.39 is 18.5 Å². The van der Waals surface area contributed by atoms with Gasteiger partial charge in [-0.15, -0.1) is 0 Å². The minimum Gasteiger partial charge on any atom is -0.497 e. The molecule has 1 heterocycles. The van der Waals surface area contributed by atoms with Crippen LogP contribution in [0.2, 0.25) is 0 Å². The lowest BCUT2D eigenvalue weighted by molar-refractivity contribution is -0.142. The molecule has 0 aliphatic heterocycles. The lowest BCUT2D eigenvalue weighted by atomic mass is 10.1. The molecule has 0 bridgehead atoms. The molecule has 2 rings (SSSR count). The first-order valence-electron chi connectivity index (χ1n) is 8.08. The zero-order valence-electron chi connectivity index (χ0n) is 15.6. The van der Waals surface area contributed by atoms with Crippen molar-refractivity contribution in [3.05, 3.63) is 46.8 Å². The molecule has 140 valence electrons. The van der Waals surface area contributed by atoms with E-state index in [4.69, 9.17) is 9.47 Å². The van der Waals surface area contributed by atoms with E-state index in [0.717, 1.165) is 5.69 Å². The SMILES string of the molecule is COc1ccc(/C=C(\C#N)C(=O)OCC(=O)Nc2c(C)nn(C)c2C)cc1. The second kappa shape index (κ2) is 8.67. The van der Waals surface area contributed by atoms with Gasteiger partial charge in [0.2, 0.25) is 0 Å². The van der Waals surface area contributed by atoms with Gasteiger partial charge in [0.25, 0.3) is 5.91 Å². The van der Waals surface area contributed by atoms with Crippen LogP contribution in [-0.2, 0) is 21.4 Å². The summed E-state index contributed by atoms with van der Waals surface area (Å²) in [5, 5.41) is 16.0. The van der Waals surface area contributed by atoms with Gasteiger partial charge >= 0.3 is 5.97 Å². The van der Waals surface area contributed by atoms with Gasteiger partial charge in [-0.2, -0.15) is 10.4 Å². The number of nitrogens with one attached hydrogen (secondary N) is 1. The molecule has 0 saturated carbocycles. The average Bonchev–Trinajstić information content (AvgIpc) is 2.90. The molecule has 8 nitrogen and oxygen atoms in total. The Labute approximate surface area is 157 Å². The highest BCUT2D eigenvalue weighted by molar-refractivity contribution is 6.00. The lowest BCUT2D eigenvalue weighted by Crippen LogP contribution is -2.22. The molecule has 0 saturated heterocycles. The van der Waals surface area contributed by atoms with E-state index in [-0.39, 0.29) is 5.57 Å². The van der Waals surface area contributed by atoms with Crippen LogP contribution in [0.15, 0.2) is 29.8 Å². The van der Waals surface area contributed by atoms with Crippen molar-refractivity contribution in [2.24, 2.45) is 7.05 Å². The normalized spacial score (nSPS) is 10.9. The van der Waals surface area contributed by atoms with Crippen molar-refractivity contribution in [3.63, 3.8) is 0 Å². The summed E-state index contributed by atoms with van der Waals surface area (Å²) < 4.78 is 11.6. The third kappa shape index (κ3) is 4.95.